The Bertz CT molecular complexity index is 3420. The van der Waals surface area contributed by atoms with Gasteiger partial charge in [-0.1, -0.05) is 0 Å². The molecular weight excluding hydrogens is 1030 g/mol. The van der Waals surface area contributed by atoms with Crippen LogP contribution in [0.2, 0.25) is 0 Å². The predicted octanol–water partition coefficient (Wildman–Crippen LogP) is 10.9. The molecule has 0 bridgehead atoms. The van der Waals surface area contributed by atoms with E-state index in [2.05, 4.69) is 0 Å². The zero-order chi connectivity index (χ0) is 53.7. The SMILES string of the molecule is CC(=O)Oc1ccc(P(Cc2ccccc2CP(OS(=O)(=O)c2ccc(C)cc2)(c2ccccc2)(c2ccccc2)c2ccc(OC(C)=O)cc2)(OS(=O)(=O)c2ccc(C)cc2)(c2ccccc2)c2ccccc2)cc1. The Morgan fingerprint density at radius 1 is 0.342 bits per heavy atom. The molecule has 0 saturated heterocycles. The van der Waals surface area contributed by atoms with Crippen LogP contribution in [-0.2, 0) is 50.1 Å². The van der Waals surface area contributed by atoms with Crippen molar-refractivity contribution in [1.82, 2.24) is 0 Å². The van der Waals surface area contributed by atoms with Crippen LogP contribution in [0.25, 0.3) is 0 Å². The fourth-order valence-electron chi connectivity index (χ4n) is 10.2. The normalized spacial score (nSPS) is 13.1. The van der Waals surface area contributed by atoms with Crippen molar-refractivity contribution in [2.24, 2.45) is 0 Å². The van der Waals surface area contributed by atoms with Crippen molar-refractivity contribution >= 4 is 77.7 Å². The second-order valence-corrected chi connectivity index (χ2v) is 31.2. The molecule has 0 saturated carbocycles. The fourth-order valence-corrected chi connectivity index (χ4v) is 27.3. The summed E-state index contributed by atoms with van der Waals surface area (Å²) in [7, 11) is -9.41. The van der Waals surface area contributed by atoms with Crippen LogP contribution in [0.3, 0.4) is 0 Å². The summed E-state index contributed by atoms with van der Waals surface area (Å²) in [6, 6.07) is 71.5. The molecule has 9 rings (SSSR count). The van der Waals surface area contributed by atoms with Crippen LogP contribution in [0.5, 0.6) is 11.5 Å². The molecule has 0 amide bonds. The van der Waals surface area contributed by atoms with Gasteiger partial charge in [0.15, 0.2) is 0 Å². The molecule has 0 aliphatic carbocycles. The molecule has 9 aromatic rings. The molecule has 0 radical (unpaired) electrons. The van der Waals surface area contributed by atoms with E-state index >= 15 is 16.8 Å². The maximum absolute atomic E-state index is 15.6. The first-order valence-corrected chi connectivity index (χ1v) is 31.9. The van der Waals surface area contributed by atoms with Crippen molar-refractivity contribution in [3.05, 3.63) is 265 Å². The number of carbonyl (C=O) groups is 2. The fraction of sp³-hybridized carbons (Fsp3) is 0.0968. The standard InChI is InChI=1S/C62H56O10P2S2/c1-47-29-41-61(42-30-47)75(65,66)71-73(55-21-9-5-10-22-55,56-23-11-6-12-24-56,59-37-33-53(34-38-59)69-49(3)63)45-51-19-17-18-20-52(51)46-74(57-25-13-7-14-26-57,58-27-15-8-16-28-58,60-39-35-54(36-40-60)70-50(4)64)72-76(67,68)62-43-31-48(2)32-44-62/h5-44H,45-46H2,1-4H3. The van der Waals surface area contributed by atoms with E-state index in [4.69, 9.17) is 17.4 Å². The van der Waals surface area contributed by atoms with Crippen LogP contribution < -0.4 is 41.3 Å². The zero-order valence-corrected chi connectivity index (χ0v) is 45.7. The summed E-state index contributed by atoms with van der Waals surface area (Å²) in [5, 5.41) is 3.24. The first-order valence-electron chi connectivity index (χ1n) is 24.4. The van der Waals surface area contributed by atoms with Gasteiger partial charge in [0.05, 0.1) is 0 Å². The number of ether oxygens (including phenoxy) is 2. The predicted molar refractivity (Wildman–Crippen MR) is 306 cm³/mol. The minimum atomic E-state index is -5.09. The third kappa shape index (κ3) is 9.96. The van der Waals surface area contributed by atoms with Gasteiger partial charge in [-0.2, -0.15) is 0 Å². The summed E-state index contributed by atoms with van der Waals surface area (Å²) < 4.78 is 88.6. The van der Waals surface area contributed by atoms with Gasteiger partial charge in [0.2, 0.25) is 0 Å². The summed E-state index contributed by atoms with van der Waals surface area (Å²) in [6.45, 7) is -3.82. The van der Waals surface area contributed by atoms with Crippen molar-refractivity contribution in [3.8, 4) is 11.5 Å². The topological polar surface area (TPSA) is 139 Å². The van der Waals surface area contributed by atoms with Crippen molar-refractivity contribution in [1.29, 1.82) is 0 Å². The molecule has 76 heavy (non-hydrogen) atoms. The molecule has 0 atom stereocenters. The molecular formula is C62H56O10P2S2. The Labute approximate surface area is 445 Å². The van der Waals surface area contributed by atoms with E-state index in [9.17, 15) is 9.59 Å². The average Bonchev–Trinajstić information content (AvgIpc) is 3.59. The molecule has 0 aromatic heterocycles. The van der Waals surface area contributed by atoms with E-state index < -0.39 is 45.8 Å². The van der Waals surface area contributed by atoms with Gasteiger partial charge in [-0.3, -0.25) is 0 Å². The van der Waals surface area contributed by atoms with Crippen molar-refractivity contribution in [2.45, 2.75) is 49.8 Å². The molecule has 0 aliphatic heterocycles. The first kappa shape index (κ1) is 53.4. The van der Waals surface area contributed by atoms with Gasteiger partial charge < -0.3 is 0 Å². The quantitative estimate of drug-likeness (QED) is 0.0463. The zero-order valence-electron chi connectivity index (χ0n) is 42.3. The number of hydrogen-bond acceptors (Lipinski definition) is 10. The summed E-state index contributed by atoms with van der Waals surface area (Å²) in [4.78, 5) is 24.6. The summed E-state index contributed by atoms with van der Waals surface area (Å²) in [5.74, 6) is -0.584. The minimum absolute atomic E-state index is 0.0613. The Morgan fingerprint density at radius 2 is 0.592 bits per heavy atom. The molecule has 386 valence electrons. The monoisotopic (exact) mass is 1090 g/mol. The van der Waals surface area contributed by atoms with E-state index in [-0.39, 0.29) is 33.6 Å². The van der Waals surface area contributed by atoms with Gasteiger partial charge in [-0.25, -0.2) is 0 Å². The number of rotatable bonds is 18. The molecule has 10 nitrogen and oxygen atoms in total. The molecule has 9 aromatic carbocycles. The van der Waals surface area contributed by atoms with E-state index in [1.165, 1.54) is 38.1 Å². The molecule has 0 unspecified atom stereocenters. The van der Waals surface area contributed by atoms with Crippen LogP contribution in [0.1, 0.15) is 36.1 Å². The number of hydrogen-bond donors (Lipinski definition) is 0. The van der Waals surface area contributed by atoms with Crippen molar-refractivity contribution in [3.63, 3.8) is 0 Å². The number of esters is 2. The molecule has 0 fully saturated rings. The first-order chi connectivity index (χ1) is 36.5. The number of carbonyl (C=O) groups excluding carboxylic acids is 2. The van der Waals surface area contributed by atoms with E-state index in [1.54, 1.807) is 72.8 Å². The van der Waals surface area contributed by atoms with E-state index in [1.807, 2.05) is 159 Å². The third-order valence-corrected chi connectivity index (χ3v) is 29.8. The van der Waals surface area contributed by atoms with E-state index in [0.717, 1.165) is 11.1 Å². The van der Waals surface area contributed by atoms with Gasteiger partial charge >= 0.3 is 448 Å². The van der Waals surface area contributed by atoms with Gasteiger partial charge in [0.1, 0.15) is 0 Å². The second-order valence-electron chi connectivity index (χ2n) is 18.7. The molecule has 0 aliphatic rings. The van der Waals surface area contributed by atoms with E-state index in [0.29, 0.717) is 43.0 Å². The third-order valence-electron chi connectivity index (χ3n) is 13.7. The average molecular weight is 1090 g/mol. The van der Waals surface area contributed by atoms with Gasteiger partial charge in [0.25, 0.3) is 0 Å². The van der Waals surface area contributed by atoms with Crippen molar-refractivity contribution in [2.75, 3.05) is 0 Å². The summed E-state index contributed by atoms with van der Waals surface area (Å²) in [6.07, 6.45) is -0.194. The Hall–Kier alpha value is -7.40. The van der Waals surface area contributed by atoms with Gasteiger partial charge in [-0.15, -0.1) is 0 Å². The molecule has 0 N–H and O–H groups in total. The Balaban J connectivity index is 1.43. The van der Waals surface area contributed by atoms with Crippen LogP contribution in [0.4, 0.5) is 0 Å². The molecule has 0 spiro atoms. The Morgan fingerprint density at radius 3 is 0.855 bits per heavy atom. The van der Waals surface area contributed by atoms with Crippen LogP contribution >= 0.6 is 13.7 Å². The van der Waals surface area contributed by atoms with Crippen LogP contribution in [0, 0.1) is 13.8 Å². The Kier molecular flexibility index (Phi) is 15.0. The summed E-state index contributed by atoms with van der Waals surface area (Å²) >= 11 is 0. The maximum atomic E-state index is 15.6. The number of aryl methyl sites for hydroxylation is 2. The van der Waals surface area contributed by atoms with Gasteiger partial charge in [-0.05, 0) is 0 Å². The van der Waals surface area contributed by atoms with Crippen LogP contribution in [0.15, 0.2) is 252 Å². The summed E-state index contributed by atoms with van der Waals surface area (Å²) in [5.41, 5.74) is 2.93. The number of benzene rings is 9. The van der Waals surface area contributed by atoms with Gasteiger partial charge in [0, 0.05) is 0 Å². The molecule has 0 heterocycles. The van der Waals surface area contributed by atoms with Crippen molar-refractivity contribution < 1.29 is 43.8 Å². The second kappa shape index (κ2) is 21.3. The van der Waals surface area contributed by atoms with Crippen LogP contribution in [-0.4, -0.2) is 28.8 Å². The molecule has 14 heteroatoms.